The van der Waals surface area contributed by atoms with Crippen LogP contribution >= 0.6 is 15.9 Å². The van der Waals surface area contributed by atoms with Crippen LogP contribution in [0.4, 0.5) is 0 Å². The highest BCUT2D eigenvalue weighted by molar-refractivity contribution is 9.09. The van der Waals surface area contributed by atoms with Crippen molar-refractivity contribution in [3.8, 4) is 0 Å². The molecule has 0 heterocycles. The van der Waals surface area contributed by atoms with E-state index in [0.29, 0.717) is 0 Å². The van der Waals surface area contributed by atoms with Gasteiger partial charge < -0.3 is 5.32 Å². The van der Waals surface area contributed by atoms with Crippen LogP contribution in [-0.2, 0) is 11.2 Å². The third-order valence-corrected chi connectivity index (χ3v) is 4.41. The van der Waals surface area contributed by atoms with Gasteiger partial charge in [0.2, 0.25) is 5.91 Å². The van der Waals surface area contributed by atoms with Crippen LogP contribution in [0.15, 0.2) is 24.3 Å². The number of carbonyl (C=O) groups is 1. The first-order valence-electron chi connectivity index (χ1n) is 7.16. The normalized spacial score (nSPS) is 19.6. The van der Waals surface area contributed by atoms with Gasteiger partial charge in [-0.2, -0.15) is 0 Å². The lowest BCUT2D eigenvalue weighted by Gasteiger charge is -2.26. The minimum Gasteiger partial charge on any atom is -0.353 e. The summed E-state index contributed by atoms with van der Waals surface area (Å²) in [4.78, 5) is 12.4. The Morgan fingerprint density at radius 2 is 2.26 bits per heavy atom. The SMILES string of the molecule is CC(CCCBr)NC(=O)C1CCCc2ccccc21. The van der Waals surface area contributed by atoms with Gasteiger partial charge in [0.1, 0.15) is 0 Å². The van der Waals surface area contributed by atoms with Crippen LogP contribution in [0.1, 0.15) is 49.7 Å². The van der Waals surface area contributed by atoms with E-state index in [1.165, 1.54) is 11.1 Å². The number of aryl methyl sites for hydroxylation is 1. The van der Waals surface area contributed by atoms with Gasteiger partial charge in [-0.1, -0.05) is 40.2 Å². The quantitative estimate of drug-likeness (QED) is 0.821. The molecule has 2 atom stereocenters. The summed E-state index contributed by atoms with van der Waals surface area (Å²) in [5, 5.41) is 4.17. The van der Waals surface area contributed by atoms with Gasteiger partial charge in [0.05, 0.1) is 5.92 Å². The maximum absolute atomic E-state index is 12.4. The molecule has 2 nitrogen and oxygen atoms in total. The number of rotatable bonds is 5. The largest absolute Gasteiger partial charge is 0.353 e. The Labute approximate surface area is 124 Å². The van der Waals surface area contributed by atoms with E-state index in [2.05, 4.69) is 46.4 Å². The Bertz CT molecular complexity index is 433. The summed E-state index contributed by atoms with van der Waals surface area (Å²) in [5.41, 5.74) is 2.58. The zero-order valence-corrected chi connectivity index (χ0v) is 13.1. The Kier molecular flexibility index (Phi) is 5.44. The molecule has 19 heavy (non-hydrogen) atoms. The third-order valence-electron chi connectivity index (χ3n) is 3.85. The average molecular weight is 324 g/mol. The van der Waals surface area contributed by atoms with Gasteiger partial charge in [0.15, 0.2) is 0 Å². The van der Waals surface area contributed by atoms with Crippen molar-refractivity contribution in [3.63, 3.8) is 0 Å². The van der Waals surface area contributed by atoms with Gasteiger partial charge in [0.25, 0.3) is 0 Å². The molecular weight excluding hydrogens is 302 g/mol. The summed E-state index contributed by atoms with van der Waals surface area (Å²) in [6.45, 7) is 2.09. The van der Waals surface area contributed by atoms with Crippen molar-refractivity contribution in [2.45, 2.75) is 51.0 Å². The van der Waals surface area contributed by atoms with Crippen molar-refractivity contribution in [2.75, 3.05) is 5.33 Å². The number of alkyl halides is 1. The lowest BCUT2D eigenvalue weighted by molar-refractivity contribution is -0.123. The fourth-order valence-electron chi connectivity index (χ4n) is 2.83. The zero-order chi connectivity index (χ0) is 13.7. The van der Waals surface area contributed by atoms with E-state index < -0.39 is 0 Å². The van der Waals surface area contributed by atoms with Crippen LogP contribution in [0.25, 0.3) is 0 Å². The van der Waals surface area contributed by atoms with Crippen molar-refractivity contribution in [3.05, 3.63) is 35.4 Å². The maximum Gasteiger partial charge on any atom is 0.227 e. The molecule has 0 aromatic heterocycles. The van der Waals surface area contributed by atoms with Crippen molar-refractivity contribution in [1.82, 2.24) is 5.32 Å². The van der Waals surface area contributed by atoms with E-state index in [4.69, 9.17) is 0 Å². The second-order valence-corrected chi connectivity index (χ2v) is 6.18. The fourth-order valence-corrected chi connectivity index (χ4v) is 3.15. The van der Waals surface area contributed by atoms with Gasteiger partial charge in [-0.15, -0.1) is 0 Å². The molecule has 0 saturated heterocycles. The predicted octanol–water partition coefficient (Wildman–Crippen LogP) is 3.79. The number of benzene rings is 1. The molecule has 1 aromatic rings. The van der Waals surface area contributed by atoms with Crippen molar-refractivity contribution in [2.24, 2.45) is 0 Å². The lowest BCUT2D eigenvalue weighted by atomic mass is 9.82. The summed E-state index contributed by atoms with van der Waals surface area (Å²) in [5.74, 6) is 0.255. The first-order valence-corrected chi connectivity index (χ1v) is 8.28. The smallest absolute Gasteiger partial charge is 0.227 e. The molecule has 1 aromatic carbocycles. The number of hydrogen-bond donors (Lipinski definition) is 1. The van der Waals surface area contributed by atoms with Crippen LogP contribution < -0.4 is 5.32 Å². The van der Waals surface area contributed by atoms with Crippen LogP contribution in [-0.4, -0.2) is 17.3 Å². The zero-order valence-electron chi connectivity index (χ0n) is 11.5. The summed E-state index contributed by atoms with van der Waals surface area (Å²) in [7, 11) is 0. The molecule has 0 bridgehead atoms. The number of halogens is 1. The second-order valence-electron chi connectivity index (χ2n) is 5.38. The molecule has 1 N–H and O–H groups in total. The Balaban J connectivity index is 2.00. The number of amides is 1. The number of hydrogen-bond acceptors (Lipinski definition) is 1. The van der Waals surface area contributed by atoms with Gasteiger partial charge in [-0.25, -0.2) is 0 Å². The summed E-state index contributed by atoms with van der Waals surface area (Å²) in [6.07, 6.45) is 5.34. The van der Waals surface area contributed by atoms with E-state index in [9.17, 15) is 4.79 Å². The molecule has 1 aliphatic rings. The molecule has 0 saturated carbocycles. The summed E-state index contributed by atoms with van der Waals surface area (Å²) in [6, 6.07) is 8.64. The second kappa shape index (κ2) is 7.09. The molecule has 104 valence electrons. The van der Waals surface area contributed by atoms with Gasteiger partial charge >= 0.3 is 0 Å². The van der Waals surface area contributed by atoms with Gasteiger partial charge in [0, 0.05) is 11.4 Å². The van der Waals surface area contributed by atoms with Crippen molar-refractivity contribution in [1.29, 1.82) is 0 Å². The van der Waals surface area contributed by atoms with Crippen LogP contribution in [0, 0.1) is 0 Å². The molecule has 2 unspecified atom stereocenters. The van der Waals surface area contributed by atoms with Gasteiger partial charge in [-0.3, -0.25) is 4.79 Å². The van der Waals surface area contributed by atoms with Crippen molar-refractivity contribution < 1.29 is 4.79 Å². The number of nitrogens with one attached hydrogen (secondary N) is 1. The molecule has 0 radical (unpaired) electrons. The predicted molar refractivity (Wildman–Crippen MR) is 82.8 cm³/mol. The average Bonchev–Trinajstić information content (AvgIpc) is 2.44. The molecule has 1 aliphatic carbocycles. The number of carbonyl (C=O) groups excluding carboxylic acids is 1. The molecule has 2 rings (SSSR count). The summed E-state index contributed by atoms with van der Waals surface area (Å²) >= 11 is 3.43. The van der Waals surface area contributed by atoms with Crippen molar-refractivity contribution >= 4 is 21.8 Å². The maximum atomic E-state index is 12.4. The monoisotopic (exact) mass is 323 g/mol. The van der Waals surface area contributed by atoms with Gasteiger partial charge in [-0.05, 0) is 50.2 Å². The van der Waals surface area contributed by atoms with Crippen LogP contribution in [0.3, 0.4) is 0 Å². The minimum atomic E-state index is 0.0522. The van der Waals surface area contributed by atoms with E-state index in [1.54, 1.807) is 0 Å². The molecule has 0 aliphatic heterocycles. The Morgan fingerprint density at radius 1 is 1.47 bits per heavy atom. The van der Waals surface area contributed by atoms with Crippen LogP contribution in [0.2, 0.25) is 0 Å². The topological polar surface area (TPSA) is 29.1 Å². The van der Waals surface area contributed by atoms with E-state index >= 15 is 0 Å². The summed E-state index contributed by atoms with van der Waals surface area (Å²) < 4.78 is 0. The lowest BCUT2D eigenvalue weighted by Crippen LogP contribution is -2.37. The Morgan fingerprint density at radius 3 is 3.05 bits per heavy atom. The first-order chi connectivity index (χ1) is 9.22. The standard InChI is InChI=1S/C16H22BrNO/c1-12(6-5-11-17)18-16(19)15-10-4-8-13-7-2-3-9-14(13)15/h2-3,7,9,12,15H,4-6,8,10-11H2,1H3,(H,18,19). The highest BCUT2D eigenvalue weighted by atomic mass is 79.9. The third kappa shape index (κ3) is 3.82. The first kappa shape index (κ1) is 14.6. The molecule has 3 heteroatoms. The number of fused-ring (bicyclic) bond motifs is 1. The van der Waals surface area contributed by atoms with E-state index in [-0.39, 0.29) is 17.9 Å². The molecular formula is C16H22BrNO. The highest BCUT2D eigenvalue weighted by Gasteiger charge is 2.26. The minimum absolute atomic E-state index is 0.0522. The fraction of sp³-hybridized carbons (Fsp3) is 0.562. The molecule has 0 spiro atoms. The molecule has 0 fully saturated rings. The van der Waals surface area contributed by atoms with Crippen LogP contribution in [0.5, 0.6) is 0 Å². The van der Waals surface area contributed by atoms with E-state index in [1.807, 2.05) is 6.07 Å². The highest BCUT2D eigenvalue weighted by Crippen LogP contribution is 2.31. The van der Waals surface area contributed by atoms with E-state index in [0.717, 1.165) is 37.4 Å². The molecule has 1 amide bonds. The Hall–Kier alpha value is -0.830.